The van der Waals surface area contributed by atoms with E-state index in [0.717, 1.165) is 35.5 Å². The predicted octanol–water partition coefficient (Wildman–Crippen LogP) is 5.31. The molecule has 0 aromatic heterocycles. The highest BCUT2D eigenvalue weighted by Crippen LogP contribution is 2.33. The molecule has 1 atom stereocenters. The fourth-order valence-corrected chi connectivity index (χ4v) is 3.62. The molecule has 176 valence electrons. The van der Waals surface area contributed by atoms with Crippen molar-refractivity contribution in [3.05, 3.63) is 90.5 Å². The van der Waals surface area contributed by atoms with Gasteiger partial charge in [-0.3, -0.25) is 14.8 Å². The van der Waals surface area contributed by atoms with E-state index in [1.165, 1.54) is 6.21 Å². The van der Waals surface area contributed by atoms with Gasteiger partial charge in [0, 0.05) is 17.1 Å². The van der Waals surface area contributed by atoms with Crippen LogP contribution in [0.5, 0.6) is 0 Å². The van der Waals surface area contributed by atoms with Crippen molar-refractivity contribution in [2.75, 3.05) is 4.90 Å². The summed E-state index contributed by atoms with van der Waals surface area (Å²) in [6, 6.07) is 28.0. The van der Waals surface area contributed by atoms with Gasteiger partial charge in [0.2, 0.25) is 0 Å². The molecule has 3 N–H and O–H groups in total. The van der Waals surface area contributed by atoms with Gasteiger partial charge in [0.05, 0.1) is 6.21 Å². The van der Waals surface area contributed by atoms with Crippen LogP contribution in [-0.4, -0.2) is 23.2 Å². The molecule has 7 nitrogen and oxygen atoms in total. The van der Waals surface area contributed by atoms with Crippen molar-refractivity contribution < 1.29 is 14.8 Å². The highest BCUT2D eigenvalue weighted by atomic mass is 16.5. The van der Waals surface area contributed by atoms with Gasteiger partial charge in [0.25, 0.3) is 11.8 Å². The maximum Gasteiger partial charge on any atom is 0.255 e. The molecule has 2 amide bonds. The van der Waals surface area contributed by atoms with E-state index in [4.69, 9.17) is 5.21 Å². The first-order chi connectivity index (χ1) is 16.6. The van der Waals surface area contributed by atoms with Crippen LogP contribution < -0.4 is 15.8 Å². The maximum absolute atomic E-state index is 12.4. The Labute approximate surface area is 200 Å². The van der Waals surface area contributed by atoms with E-state index >= 15 is 0 Å². The first kappa shape index (κ1) is 24.7. The largest absolute Gasteiger partial charge is 0.311 e. The number of nitrogens with zero attached hydrogens (tertiary/aromatic N) is 2. The van der Waals surface area contributed by atoms with E-state index in [-0.39, 0.29) is 0 Å². The molecule has 0 aliphatic carbocycles. The number of amides is 2. The van der Waals surface area contributed by atoms with Crippen molar-refractivity contribution >= 4 is 35.1 Å². The van der Waals surface area contributed by atoms with Crippen molar-refractivity contribution in [2.24, 2.45) is 11.0 Å². The molecule has 34 heavy (non-hydrogen) atoms. The van der Waals surface area contributed by atoms with Gasteiger partial charge in [-0.15, -0.1) is 0 Å². The smallest absolute Gasteiger partial charge is 0.255 e. The Balaban J connectivity index is 1.70. The summed E-state index contributed by atoms with van der Waals surface area (Å²) in [5.74, 6) is -2.26. The summed E-state index contributed by atoms with van der Waals surface area (Å²) in [7, 11) is 0. The van der Waals surface area contributed by atoms with Crippen LogP contribution in [-0.2, 0) is 9.59 Å². The van der Waals surface area contributed by atoms with Gasteiger partial charge in [-0.1, -0.05) is 74.7 Å². The second-order valence-corrected chi connectivity index (χ2v) is 7.86. The number of para-hydroxylation sites is 2. The molecule has 0 aliphatic rings. The zero-order chi connectivity index (χ0) is 24.2. The fourth-order valence-electron chi connectivity index (χ4n) is 3.62. The number of carbonyl (C=O) groups excluding carboxylic acids is 2. The van der Waals surface area contributed by atoms with Crippen LogP contribution in [0.1, 0.15) is 38.2 Å². The van der Waals surface area contributed by atoms with Crippen LogP contribution in [0.25, 0.3) is 0 Å². The van der Waals surface area contributed by atoms with Gasteiger partial charge >= 0.3 is 0 Å². The van der Waals surface area contributed by atoms with Crippen molar-refractivity contribution in [3.8, 4) is 0 Å². The van der Waals surface area contributed by atoms with E-state index in [1.807, 2.05) is 67.6 Å². The monoisotopic (exact) mass is 458 g/mol. The number of anilines is 3. The first-order valence-corrected chi connectivity index (χ1v) is 11.4. The van der Waals surface area contributed by atoms with Gasteiger partial charge in [0.15, 0.2) is 0 Å². The normalized spacial score (nSPS) is 11.7. The van der Waals surface area contributed by atoms with E-state index in [1.54, 1.807) is 5.48 Å². The number of rotatable bonds is 11. The molecule has 3 aromatic carbocycles. The van der Waals surface area contributed by atoms with Crippen LogP contribution in [0.3, 0.4) is 0 Å². The highest BCUT2D eigenvalue weighted by Gasteiger charge is 2.25. The minimum Gasteiger partial charge on any atom is -0.311 e. The van der Waals surface area contributed by atoms with Crippen LogP contribution >= 0.6 is 0 Å². The summed E-state index contributed by atoms with van der Waals surface area (Å²) in [4.78, 5) is 26.4. The van der Waals surface area contributed by atoms with E-state index < -0.39 is 17.7 Å². The number of hydrogen-bond donors (Lipinski definition) is 3. The molecule has 0 bridgehead atoms. The second kappa shape index (κ2) is 12.9. The maximum atomic E-state index is 12.4. The molecule has 1 unspecified atom stereocenters. The average molecular weight is 459 g/mol. The molecule has 3 aromatic rings. The SMILES string of the molecule is CCCCCC(C(=O)NO)C(=O)N/N=C/c1ccc(N(c2ccccc2)c2ccccc2)cc1. The molecule has 0 aliphatic heterocycles. The zero-order valence-electron chi connectivity index (χ0n) is 19.2. The molecule has 7 heteroatoms. The molecular formula is C27H30N4O3. The lowest BCUT2D eigenvalue weighted by Gasteiger charge is -2.25. The van der Waals surface area contributed by atoms with Crippen molar-refractivity contribution in [2.45, 2.75) is 32.6 Å². The second-order valence-electron chi connectivity index (χ2n) is 7.86. The Morgan fingerprint density at radius 1 is 0.853 bits per heavy atom. The third-order valence-electron chi connectivity index (χ3n) is 5.41. The van der Waals surface area contributed by atoms with Crippen LogP contribution in [0.15, 0.2) is 90.0 Å². The Bertz CT molecular complexity index is 1030. The van der Waals surface area contributed by atoms with E-state index in [0.29, 0.717) is 12.8 Å². The Morgan fingerprint density at radius 3 is 1.94 bits per heavy atom. The fraction of sp³-hybridized carbons (Fsp3) is 0.222. The van der Waals surface area contributed by atoms with Gasteiger partial charge in [0.1, 0.15) is 5.92 Å². The predicted molar refractivity (Wildman–Crippen MR) is 134 cm³/mol. The molecule has 0 spiro atoms. The first-order valence-electron chi connectivity index (χ1n) is 11.4. The number of hydrogen-bond acceptors (Lipinski definition) is 5. The van der Waals surface area contributed by atoms with Gasteiger partial charge in [-0.2, -0.15) is 5.10 Å². The number of hydrazone groups is 1. The Morgan fingerprint density at radius 2 is 1.41 bits per heavy atom. The lowest BCUT2D eigenvalue weighted by Crippen LogP contribution is -2.38. The summed E-state index contributed by atoms with van der Waals surface area (Å²) >= 11 is 0. The van der Waals surface area contributed by atoms with Crippen molar-refractivity contribution in [1.29, 1.82) is 0 Å². The van der Waals surface area contributed by atoms with Gasteiger partial charge in [-0.25, -0.2) is 10.9 Å². The average Bonchev–Trinajstić information content (AvgIpc) is 2.88. The summed E-state index contributed by atoms with van der Waals surface area (Å²) in [6.45, 7) is 2.04. The quantitative estimate of drug-likeness (QED) is 0.119. The third kappa shape index (κ3) is 6.76. The molecule has 0 radical (unpaired) electrons. The van der Waals surface area contributed by atoms with Crippen LogP contribution in [0.2, 0.25) is 0 Å². The lowest BCUT2D eigenvalue weighted by atomic mass is 10.00. The highest BCUT2D eigenvalue weighted by molar-refractivity contribution is 6.00. The molecule has 0 fully saturated rings. The number of unbranched alkanes of at least 4 members (excludes halogenated alkanes) is 2. The topological polar surface area (TPSA) is 94.0 Å². The minimum atomic E-state index is -0.985. The van der Waals surface area contributed by atoms with E-state index in [9.17, 15) is 9.59 Å². The molecule has 0 saturated heterocycles. The van der Waals surface area contributed by atoms with Crippen LogP contribution in [0.4, 0.5) is 17.1 Å². The summed E-state index contributed by atoms with van der Waals surface area (Å²) < 4.78 is 0. The number of benzene rings is 3. The van der Waals surface area contributed by atoms with Gasteiger partial charge in [-0.05, 0) is 48.4 Å². The summed E-state index contributed by atoms with van der Waals surface area (Å²) in [6.07, 6.45) is 4.46. The van der Waals surface area contributed by atoms with E-state index in [2.05, 4.69) is 39.7 Å². The molecule has 0 heterocycles. The van der Waals surface area contributed by atoms with Gasteiger partial charge < -0.3 is 4.90 Å². The summed E-state index contributed by atoms with van der Waals surface area (Å²) in [5.41, 5.74) is 7.83. The minimum absolute atomic E-state index is 0.352. The third-order valence-corrected chi connectivity index (χ3v) is 5.41. The number of nitrogens with one attached hydrogen (secondary N) is 2. The molecule has 3 rings (SSSR count). The van der Waals surface area contributed by atoms with Crippen molar-refractivity contribution in [3.63, 3.8) is 0 Å². The molecular weight excluding hydrogens is 428 g/mol. The Kier molecular flexibility index (Phi) is 9.37. The molecule has 0 saturated carbocycles. The Hall–Kier alpha value is -3.97. The number of carbonyl (C=O) groups is 2. The summed E-state index contributed by atoms with van der Waals surface area (Å²) in [5, 5.41) is 12.9. The zero-order valence-corrected chi connectivity index (χ0v) is 19.2. The van der Waals surface area contributed by atoms with Crippen LogP contribution in [0, 0.1) is 5.92 Å². The number of hydroxylamine groups is 1. The van der Waals surface area contributed by atoms with Crippen molar-refractivity contribution in [1.82, 2.24) is 10.9 Å². The standard InChI is InChI=1S/C27H30N4O3/c1-2-3-6-15-25(27(33)30-34)26(32)29-28-20-21-16-18-24(19-17-21)31(22-11-7-4-8-12-22)23-13-9-5-10-14-23/h4-5,7-14,16-20,25,34H,2-3,6,15H2,1H3,(H,29,32)(H,30,33)/b28-20+. The lowest BCUT2D eigenvalue weighted by molar-refractivity contribution is -0.141.